The quantitative estimate of drug-likeness (QED) is 0.740. The van der Waals surface area contributed by atoms with Gasteiger partial charge in [0.25, 0.3) is 5.92 Å². The van der Waals surface area contributed by atoms with Crippen molar-refractivity contribution in [2.75, 3.05) is 6.61 Å². The maximum Gasteiger partial charge on any atom is 0.315 e. The molecule has 1 saturated carbocycles. The number of esters is 1. The van der Waals surface area contributed by atoms with Crippen LogP contribution in [-0.4, -0.2) is 18.5 Å². The molecule has 0 saturated heterocycles. The first-order chi connectivity index (χ1) is 7.59. The molecule has 0 N–H and O–H groups in total. The van der Waals surface area contributed by atoms with E-state index in [2.05, 4.69) is 4.74 Å². The summed E-state index contributed by atoms with van der Waals surface area (Å²) in [6, 6.07) is 8.34. The standard InChI is InChI=1S/C12H12F2O2/c1-2-16-11(15)10-9(12(10,13)14)8-6-4-3-5-7-8/h3-7,9-10H,2H2,1H3. The van der Waals surface area contributed by atoms with Gasteiger partial charge in [-0.3, -0.25) is 4.79 Å². The minimum Gasteiger partial charge on any atom is -0.466 e. The van der Waals surface area contributed by atoms with Gasteiger partial charge in [-0.2, -0.15) is 0 Å². The van der Waals surface area contributed by atoms with Crippen LogP contribution in [-0.2, 0) is 9.53 Å². The number of benzene rings is 1. The van der Waals surface area contributed by atoms with Crippen molar-refractivity contribution in [3.05, 3.63) is 35.9 Å². The van der Waals surface area contributed by atoms with Crippen LogP contribution >= 0.6 is 0 Å². The second kappa shape index (κ2) is 3.85. The molecule has 0 radical (unpaired) electrons. The summed E-state index contributed by atoms with van der Waals surface area (Å²) >= 11 is 0. The Morgan fingerprint density at radius 2 is 2.00 bits per heavy atom. The average Bonchev–Trinajstić information content (AvgIpc) is 2.83. The van der Waals surface area contributed by atoms with Gasteiger partial charge in [0, 0.05) is 0 Å². The van der Waals surface area contributed by atoms with E-state index in [9.17, 15) is 13.6 Å². The monoisotopic (exact) mass is 226 g/mol. The maximum absolute atomic E-state index is 13.4. The molecule has 2 nitrogen and oxygen atoms in total. The summed E-state index contributed by atoms with van der Waals surface area (Å²) in [7, 11) is 0. The fourth-order valence-electron chi connectivity index (χ4n) is 1.93. The lowest BCUT2D eigenvalue weighted by molar-refractivity contribution is -0.147. The first kappa shape index (κ1) is 11.0. The van der Waals surface area contributed by atoms with Crippen LogP contribution in [0.15, 0.2) is 30.3 Å². The second-order valence-corrected chi connectivity index (χ2v) is 3.79. The Labute approximate surface area is 92.2 Å². The van der Waals surface area contributed by atoms with Crippen LogP contribution < -0.4 is 0 Å². The molecule has 4 heteroatoms. The van der Waals surface area contributed by atoms with Crippen molar-refractivity contribution >= 4 is 5.97 Å². The zero-order valence-electron chi connectivity index (χ0n) is 8.82. The first-order valence-corrected chi connectivity index (χ1v) is 5.18. The van der Waals surface area contributed by atoms with Crippen LogP contribution in [0.25, 0.3) is 0 Å². The Hall–Kier alpha value is -1.45. The van der Waals surface area contributed by atoms with E-state index in [0.717, 1.165) is 0 Å². The molecule has 1 aromatic carbocycles. The molecule has 0 aliphatic heterocycles. The van der Waals surface area contributed by atoms with Gasteiger partial charge in [-0.1, -0.05) is 30.3 Å². The third-order valence-electron chi connectivity index (χ3n) is 2.75. The minimum atomic E-state index is -2.96. The van der Waals surface area contributed by atoms with Crippen molar-refractivity contribution in [2.45, 2.75) is 18.8 Å². The van der Waals surface area contributed by atoms with E-state index in [4.69, 9.17) is 0 Å². The Kier molecular flexibility index (Phi) is 2.66. The summed E-state index contributed by atoms with van der Waals surface area (Å²) in [5.74, 6) is -6.10. The number of halogens is 2. The normalized spacial score (nSPS) is 26.2. The van der Waals surface area contributed by atoms with E-state index in [1.54, 1.807) is 37.3 Å². The maximum atomic E-state index is 13.4. The highest BCUT2D eigenvalue weighted by Gasteiger charge is 2.73. The predicted octanol–water partition coefficient (Wildman–Crippen LogP) is 2.60. The number of carbonyl (C=O) groups excluding carboxylic acids is 1. The minimum absolute atomic E-state index is 0.132. The molecule has 0 spiro atoms. The fraction of sp³-hybridized carbons (Fsp3) is 0.417. The molecule has 2 atom stereocenters. The summed E-state index contributed by atoms with van der Waals surface area (Å²) in [5.41, 5.74) is 0.491. The van der Waals surface area contributed by atoms with Crippen LogP contribution in [0.2, 0.25) is 0 Å². The highest BCUT2D eigenvalue weighted by molar-refractivity contribution is 5.80. The number of hydrogen-bond acceptors (Lipinski definition) is 2. The van der Waals surface area contributed by atoms with Crippen LogP contribution in [0.3, 0.4) is 0 Å². The van der Waals surface area contributed by atoms with E-state index < -0.39 is 23.7 Å². The molecule has 16 heavy (non-hydrogen) atoms. The van der Waals surface area contributed by atoms with Gasteiger partial charge in [-0.05, 0) is 12.5 Å². The summed E-state index contributed by atoms with van der Waals surface area (Å²) in [6.07, 6.45) is 0. The SMILES string of the molecule is CCOC(=O)C1C(c2ccccc2)C1(F)F. The zero-order valence-corrected chi connectivity index (χ0v) is 8.82. The van der Waals surface area contributed by atoms with Gasteiger partial charge in [-0.25, -0.2) is 8.78 Å². The van der Waals surface area contributed by atoms with Crippen molar-refractivity contribution in [3.63, 3.8) is 0 Å². The van der Waals surface area contributed by atoms with Gasteiger partial charge < -0.3 is 4.74 Å². The molecule has 1 aliphatic rings. The van der Waals surface area contributed by atoms with Gasteiger partial charge >= 0.3 is 5.97 Å². The summed E-state index contributed by atoms with van der Waals surface area (Å²) in [4.78, 5) is 11.3. The third kappa shape index (κ3) is 1.68. The van der Waals surface area contributed by atoms with Gasteiger partial charge in [0.2, 0.25) is 0 Å². The lowest BCUT2D eigenvalue weighted by Crippen LogP contribution is -2.11. The van der Waals surface area contributed by atoms with Gasteiger partial charge in [0.05, 0.1) is 12.5 Å². The molecular formula is C12H12F2O2. The lowest BCUT2D eigenvalue weighted by Gasteiger charge is -1.98. The van der Waals surface area contributed by atoms with E-state index in [1.807, 2.05) is 0 Å². The highest BCUT2D eigenvalue weighted by Crippen LogP contribution is 2.61. The zero-order chi connectivity index (χ0) is 11.8. The lowest BCUT2D eigenvalue weighted by atomic mass is 10.1. The second-order valence-electron chi connectivity index (χ2n) is 3.79. The molecule has 2 unspecified atom stereocenters. The van der Waals surface area contributed by atoms with E-state index in [-0.39, 0.29) is 6.61 Å². The number of rotatable bonds is 3. The molecule has 0 heterocycles. The fourth-order valence-corrected chi connectivity index (χ4v) is 1.93. The van der Waals surface area contributed by atoms with Crippen molar-refractivity contribution in [1.82, 2.24) is 0 Å². The van der Waals surface area contributed by atoms with Gasteiger partial charge in [0.15, 0.2) is 0 Å². The van der Waals surface area contributed by atoms with Gasteiger partial charge in [-0.15, -0.1) is 0 Å². The number of alkyl halides is 2. The van der Waals surface area contributed by atoms with Crippen LogP contribution in [0, 0.1) is 5.92 Å². The Bertz CT molecular complexity index is 389. The summed E-state index contributed by atoms with van der Waals surface area (Å²) < 4.78 is 31.5. The number of carbonyl (C=O) groups is 1. The number of hydrogen-bond donors (Lipinski definition) is 0. The van der Waals surface area contributed by atoms with E-state index >= 15 is 0 Å². The van der Waals surface area contributed by atoms with E-state index in [1.165, 1.54) is 0 Å². The third-order valence-corrected chi connectivity index (χ3v) is 2.75. The predicted molar refractivity (Wildman–Crippen MR) is 54.3 cm³/mol. The first-order valence-electron chi connectivity index (χ1n) is 5.18. The van der Waals surface area contributed by atoms with E-state index in [0.29, 0.717) is 5.56 Å². The molecule has 1 aromatic rings. The smallest absolute Gasteiger partial charge is 0.315 e. The largest absolute Gasteiger partial charge is 0.466 e. The molecule has 1 aliphatic carbocycles. The molecule has 0 aromatic heterocycles. The van der Waals surface area contributed by atoms with Crippen molar-refractivity contribution < 1.29 is 18.3 Å². The Balaban J connectivity index is 2.17. The molecular weight excluding hydrogens is 214 g/mol. The molecule has 86 valence electrons. The van der Waals surface area contributed by atoms with Crippen LogP contribution in [0.5, 0.6) is 0 Å². The van der Waals surface area contributed by atoms with Crippen molar-refractivity contribution in [2.24, 2.45) is 5.92 Å². The van der Waals surface area contributed by atoms with Crippen molar-refractivity contribution in [1.29, 1.82) is 0 Å². The van der Waals surface area contributed by atoms with Crippen molar-refractivity contribution in [3.8, 4) is 0 Å². The molecule has 2 rings (SSSR count). The highest BCUT2D eigenvalue weighted by atomic mass is 19.3. The Morgan fingerprint density at radius 3 is 2.56 bits per heavy atom. The van der Waals surface area contributed by atoms with Crippen LogP contribution in [0.4, 0.5) is 8.78 Å². The Morgan fingerprint density at radius 1 is 1.38 bits per heavy atom. The molecule has 0 amide bonds. The summed E-state index contributed by atoms with van der Waals surface area (Å²) in [6.45, 7) is 1.74. The van der Waals surface area contributed by atoms with Gasteiger partial charge in [0.1, 0.15) is 5.92 Å². The molecule has 1 fully saturated rings. The van der Waals surface area contributed by atoms with Crippen LogP contribution in [0.1, 0.15) is 18.4 Å². The topological polar surface area (TPSA) is 26.3 Å². The summed E-state index contributed by atoms with van der Waals surface area (Å²) in [5, 5.41) is 0. The number of ether oxygens (including phenoxy) is 1. The average molecular weight is 226 g/mol. The molecule has 0 bridgehead atoms.